The SMILES string of the molecule is CCCN(CCO)c1ncc(C)cc1N. The lowest BCUT2D eigenvalue weighted by atomic mass is 10.2. The molecule has 0 aliphatic rings. The fourth-order valence-corrected chi connectivity index (χ4v) is 1.56. The van der Waals surface area contributed by atoms with Gasteiger partial charge in [-0.15, -0.1) is 0 Å². The molecule has 0 atom stereocenters. The molecule has 1 heterocycles. The molecule has 3 N–H and O–H groups in total. The molecule has 15 heavy (non-hydrogen) atoms. The number of aromatic nitrogens is 1. The first-order valence-corrected chi connectivity index (χ1v) is 5.27. The minimum Gasteiger partial charge on any atom is -0.396 e. The average molecular weight is 209 g/mol. The van der Waals surface area contributed by atoms with Crippen molar-refractivity contribution >= 4 is 11.5 Å². The van der Waals surface area contributed by atoms with Crippen LogP contribution in [0.2, 0.25) is 0 Å². The topological polar surface area (TPSA) is 62.4 Å². The van der Waals surface area contributed by atoms with E-state index in [1.165, 1.54) is 0 Å². The number of hydrogen-bond donors (Lipinski definition) is 2. The van der Waals surface area contributed by atoms with Crippen molar-refractivity contribution in [2.24, 2.45) is 0 Å². The van der Waals surface area contributed by atoms with Crippen molar-refractivity contribution in [3.8, 4) is 0 Å². The Hall–Kier alpha value is -1.29. The number of nitrogens with zero attached hydrogens (tertiary/aromatic N) is 2. The predicted molar refractivity (Wildman–Crippen MR) is 63.0 cm³/mol. The summed E-state index contributed by atoms with van der Waals surface area (Å²) >= 11 is 0. The molecule has 4 nitrogen and oxygen atoms in total. The van der Waals surface area contributed by atoms with Crippen LogP contribution >= 0.6 is 0 Å². The Bertz CT molecular complexity index is 309. The van der Waals surface area contributed by atoms with Gasteiger partial charge in [-0.25, -0.2) is 4.98 Å². The van der Waals surface area contributed by atoms with Gasteiger partial charge in [-0.05, 0) is 25.0 Å². The van der Waals surface area contributed by atoms with Gasteiger partial charge in [0.05, 0.1) is 12.3 Å². The number of rotatable bonds is 5. The third-order valence-corrected chi connectivity index (χ3v) is 2.19. The highest BCUT2D eigenvalue weighted by Gasteiger charge is 2.09. The molecule has 0 bridgehead atoms. The number of aryl methyl sites for hydroxylation is 1. The monoisotopic (exact) mass is 209 g/mol. The van der Waals surface area contributed by atoms with Gasteiger partial charge in [0.2, 0.25) is 0 Å². The first-order valence-electron chi connectivity index (χ1n) is 5.27. The Morgan fingerprint density at radius 3 is 2.73 bits per heavy atom. The van der Waals surface area contributed by atoms with Gasteiger partial charge in [-0.2, -0.15) is 0 Å². The van der Waals surface area contributed by atoms with Gasteiger partial charge in [-0.1, -0.05) is 6.92 Å². The second-order valence-corrected chi connectivity index (χ2v) is 3.64. The maximum atomic E-state index is 8.96. The molecule has 4 heteroatoms. The van der Waals surface area contributed by atoms with Gasteiger partial charge in [0.1, 0.15) is 0 Å². The average Bonchev–Trinajstić information content (AvgIpc) is 2.17. The molecule has 0 radical (unpaired) electrons. The minimum atomic E-state index is 0.120. The van der Waals surface area contributed by atoms with Crippen LogP contribution in [-0.2, 0) is 0 Å². The van der Waals surface area contributed by atoms with E-state index in [0.29, 0.717) is 12.2 Å². The Labute approximate surface area is 90.7 Å². The van der Waals surface area contributed by atoms with E-state index in [9.17, 15) is 0 Å². The van der Waals surface area contributed by atoms with Gasteiger partial charge in [0.15, 0.2) is 5.82 Å². The smallest absolute Gasteiger partial charge is 0.151 e. The number of nitrogen functional groups attached to an aromatic ring is 1. The molecule has 0 unspecified atom stereocenters. The molecule has 1 aromatic rings. The van der Waals surface area contributed by atoms with Crippen LogP contribution in [0.5, 0.6) is 0 Å². The van der Waals surface area contributed by atoms with Crippen molar-refractivity contribution in [2.45, 2.75) is 20.3 Å². The van der Waals surface area contributed by atoms with Crippen molar-refractivity contribution in [3.63, 3.8) is 0 Å². The van der Waals surface area contributed by atoms with E-state index in [0.717, 1.165) is 24.3 Å². The molecule has 0 saturated carbocycles. The predicted octanol–water partition coefficient (Wildman–Crippen LogP) is 1.18. The van der Waals surface area contributed by atoms with Crippen LogP contribution in [0.3, 0.4) is 0 Å². The van der Waals surface area contributed by atoms with Gasteiger partial charge in [-0.3, -0.25) is 0 Å². The molecule has 0 aliphatic carbocycles. The van der Waals surface area contributed by atoms with Gasteiger partial charge in [0, 0.05) is 19.3 Å². The zero-order chi connectivity index (χ0) is 11.3. The summed E-state index contributed by atoms with van der Waals surface area (Å²) in [6, 6.07) is 1.91. The summed E-state index contributed by atoms with van der Waals surface area (Å²) in [5.74, 6) is 0.775. The Kier molecular flexibility index (Phi) is 4.37. The molecule has 0 spiro atoms. The first-order chi connectivity index (χ1) is 7.19. The van der Waals surface area contributed by atoms with Crippen LogP contribution in [0.1, 0.15) is 18.9 Å². The van der Waals surface area contributed by atoms with Crippen molar-refractivity contribution in [3.05, 3.63) is 17.8 Å². The number of anilines is 2. The van der Waals surface area contributed by atoms with Crippen molar-refractivity contribution < 1.29 is 5.11 Å². The number of nitrogens with two attached hydrogens (primary N) is 1. The van der Waals surface area contributed by atoms with Crippen LogP contribution in [0.15, 0.2) is 12.3 Å². The number of hydrogen-bond acceptors (Lipinski definition) is 4. The molecule has 0 saturated heterocycles. The maximum absolute atomic E-state index is 8.96. The van der Waals surface area contributed by atoms with E-state index in [-0.39, 0.29) is 6.61 Å². The lowest BCUT2D eigenvalue weighted by Crippen LogP contribution is -2.29. The second-order valence-electron chi connectivity index (χ2n) is 3.64. The Morgan fingerprint density at radius 1 is 1.47 bits per heavy atom. The van der Waals surface area contributed by atoms with Crippen LogP contribution in [-0.4, -0.2) is 29.8 Å². The lowest BCUT2D eigenvalue weighted by molar-refractivity contribution is 0.301. The quantitative estimate of drug-likeness (QED) is 0.764. The Balaban J connectivity index is 2.89. The summed E-state index contributed by atoms with van der Waals surface area (Å²) < 4.78 is 0. The second kappa shape index (κ2) is 5.56. The molecule has 0 amide bonds. The summed E-state index contributed by atoms with van der Waals surface area (Å²) in [5.41, 5.74) is 7.63. The van der Waals surface area contributed by atoms with Gasteiger partial charge in [0.25, 0.3) is 0 Å². The summed E-state index contributed by atoms with van der Waals surface area (Å²) in [6.07, 6.45) is 2.81. The van der Waals surface area contributed by atoms with Crippen molar-refractivity contribution in [2.75, 3.05) is 30.3 Å². The van der Waals surface area contributed by atoms with E-state index >= 15 is 0 Å². The minimum absolute atomic E-state index is 0.120. The first kappa shape index (κ1) is 11.8. The number of aliphatic hydroxyl groups is 1. The molecule has 0 fully saturated rings. The van der Waals surface area contributed by atoms with Crippen LogP contribution in [0, 0.1) is 6.92 Å². The summed E-state index contributed by atoms with van der Waals surface area (Å²) in [4.78, 5) is 6.31. The Morgan fingerprint density at radius 2 is 2.20 bits per heavy atom. The number of aliphatic hydroxyl groups excluding tert-OH is 1. The highest BCUT2D eigenvalue weighted by Crippen LogP contribution is 2.20. The van der Waals surface area contributed by atoms with Crippen LogP contribution in [0.25, 0.3) is 0 Å². The maximum Gasteiger partial charge on any atom is 0.151 e. The van der Waals surface area contributed by atoms with E-state index in [1.807, 2.05) is 17.9 Å². The fourth-order valence-electron chi connectivity index (χ4n) is 1.56. The molecular formula is C11H19N3O. The van der Waals surface area contributed by atoms with Gasteiger partial charge >= 0.3 is 0 Å². The standard InChI is InChI=1S/C11H19N3O/c1-3-4-14(5-6-15)11-10(12)7-9(2)8-13-11/h7-8,15H,3-6,12H2,1-2H3. The highest BCUT2D eigenvalue weighted by molar-refractivity contribution is 5.63. The van der Waals surface area contributed by atoms with Gasteiger partial charge < -0.3 is 15.7 Å². The van der Waals surface area contributed by atoms with E-state index < -0.39 is 0 Å². The fraction of sp³-hybridized carbons (Fsp3) is 0.545. The normalized spacial score (nSPS) is 10.3. The van der Waals surface area contributed by atoms with E-state index in [4.69, 9.17) is 10.8 Å². The molecule has 0 aromatic carbocycles. The van der Waals surface area contributed by atoms with E-state index in [2.05, 4.69) is 11.9 Å². The zero-order valence-electron chi connectivity index (χ0n) is 9.40. The summed E-state index contributed by atoms with van der Waals surface area (Å²) in [5, 5.41) is 8.96. The third kappa shape index (κ3) is 3.09. The largest absolute Gasteiger partial charge is 0.396 e. The third-order valence-electron chi connectivity index (χ3n) is 2.19. The molecule has 0 aliphatic heterocycles. The molecule has 1 rings (SSSR count). The lowest BCUT2D eigenvalue weighted by Gasteiger charge is -2.23. The highest BCUT2D eigenvalue weighted by atomic mass is 16.3. The zero-order valence-corrected chi connectivity index (χ0v) is 9.40. The van der Waals surface area contributed by atoms with Crippen LogP contribution < -0.4 is 10.6 Å². The summed E-state index contributed by atoms with van der Waals surface area (Å²) in [6.45, 7) is 5.61. The van der Waals surface area contributed by atoms with E-state index in [1.54, 1.807) is 6.20 Å². The van der Waals surface area contributed by atoms with Crippen molar-refractivity contribution in [1.29, 1.82) is 0 Å². The number of pyridine rings is 1. The molecule has 1 aromatic heterocycles. The molecular weight excluding hydrogens is 190 g/mol. The molecule has 84 valence electrons. The van der Waals surface area contributed by atoms with Crippen molar-refractivity contribution in [1.82, 2.24) is 4.98 Å². The summed E-state index contributed by atoms with van der Waals surface area (Å²) in [7, 11) is 0. The van der Waals surface area contributed by atoms with Crippen LogP contribution in [0.4, 0.5) is 11.5 Å².